The molecule has 0 spiro atoms. The summed E-state index contributed by atoms with van der Waals surface area (Å²) < 4.78 is 13.0. The summed E-state index contributed by atoms with van der Waals surface area (Å²) in [5.41, 5.74) is 0.123. The van der Waals surface area contributed by atoms with Gasteiger partial charge < -0.3 is 0 Å². The summed E-state index contributed by atoms with van der Waals surface area (Å²) in [6.45, 7) is 2.19. The van der Waals surface area contributed by atoms with Crippen LogP contribution in [0.25, 0.3) is 5.01 Å². The van der Waals surface area contributed by atoms with Gasteiger partial charge in [0.15, 0.2) is 12.2 Å². The highest BCUT2D eigenvalue weighted by atomic mass is 35.5. The molecular formula is C9H8ClFNO+. The molecule has 0 amide bonds. The van der Waals surface area contributed by atoms with E-state index in [1.165, 1.54) is 12.1 Å². The van der Waals surface area contributed by atoms with Crippen LogP contribution in [-0.2, 0) is 4.84 Å². The first kappa shape index (κ1) is 9.82. The second kappa shape index (κ2) is 4.68. The number of rotatable bonds is 1. The molecule has 0 bridgehead atoms. The van der Waals surface area contributed by atoms with Crippen LogP contribution < -0.4 is 0 Å². The standard InChI is InChI=1S/C9H8ClFNO/c1-2-13-12-6-7-8(10)4-3-5-9(7)11/h3-5H,2H2,1H3/q+1. The molecule has 0 saturated heterocycles. The molecule has 1 rings (SSSR count). The van der Waals surface area contributed by atoms with E-state index >= 15 is 0 Å². The lowest BCUT2D eigenvalue weighted by molar-refractivity contribution is 0.262. The Hall–Kier alpha value is -1.27. The van der Waals surface area contributed by atoms with Crippen molar-refractivity contribution in [1.29, 1.82) is 0 Å². The summed E-state index contributed by atoms with van der Waals surface area (Å²) in [4.78, 5) is 4.64. The topological polar surface area (TPSA) is 13.6 Å². The van der Waals surface area contributed by atoms with Crippen LogP contribution in [0.2, 0.25) is 5.02 Å². The van der Waals surface area contributed by atoms with Crippen molar-refractivity contribution in [2.45, 2.75) is 6.92 Å². The van der Waals surface area contributed by atoms with Crippen LogP contribution in [-0.4, -0.2) is 6.61 Å². The zero-order chi connectivity index (χ0) is 9.68. The van der Waals surface area contributed by atoms with Crippen LogP contribution in [0.4, 0.5) is 4.39 Å². The maximum atomic E-state index is 13.0. The first-order chi connectivity index (χ1) is 6.25. The maximum absolute atomic E-state index is 13.0. The average molecular weight is 201 g/mol. The average Bonchev–Trinajstić information content (AvgIpc) is 2.10. The molecule has 0 saturated carbocycles. The van der Waals surface area contributed by atoms with Crippen molar-refractivity contribution in [3.8, 4) is 6.07 Å². The van der Waals surface area contributed by atoms with Crippen LogP contribution in [0.3, 0.4) is 0 Å². The molecule has 0 atom stereocenters. The minimum absolute atomic E-state index is 0.123. The third-order valence-electron chi connectivity index (χ3n) is 1.31. The Morgan fingerprint density at radius 3 is 3.00 bits per heavy atom. The van der Waals surface area contributed by atoms with Crippen LogP contribution in [0.1, 0.15) is 12.5 Å². The first-order valence-electron chi connectivity index (χ1n) is 3.77. The minimum atomic E-state index is -0.462. The van der Waals surface area contributed by atoms with E-state index in [9.17, 15) is 4.39 Å². The van der Waals surface area contributed by atoms with Gasteiger partial charge in [-0.25, -0.2) is 4.39 Å². The molecule has 4 heteroatoms. The van der Waals surface area contributed by atoms with Crippen LogP contribution >= 0.6 is 11.6 Å². The fraction of sp³-hybridized carbons (Fsp3) is 0.222. The minimum Gasteiger partial charge on any atom is -0.205 e. The Morgan fingerprint density at radius 1 is 1.62 bits per heavy atom. The fourth-order valence-electron chi connectivity index (χ4n) is 0.747. The Morgan fingerprint density at radius 2 is 2.38 bits per heavy atom. The quantitative estimate of drug-likeness (QED) is 0.635. The number of hydrogen-bond donors (Lipinski definition) is 0. The van der Waals surface area contributed by atoms with Gasteiger partial charge >= 0.3 is 6.07 Å². The SMILES string of the molecule is CCO[N+]#Cc1c(F)cccc1Cl. The van der Waals surface area contributed by atoms with E-state index in [1.807, 2.05) is 0 Å². The molecule has 0 aromatic heterocycles. The fourth-order valence-corrected chi connectivity index (χ4v) is 0.952. The Labute approximate surface area is 80.7 Å². The van der Waals surface area contributed by atoms with E-state index in [4.69, 9.17) is 11.6 Å². The van der Waals surface area contributed by atoms with E-state index in [0.29, 0.717) is 6.61 Å². The lowest BCUT2D eigenvalue weighted by atomic mass is 10.2. The maximum Gasteiger partial charge on any atom is 0.393 e. The van der Waals surface area contributed by atoms with Crippen molar-refractivity contribution < 1.29 is 9.23 Å². The van der Waals surface area contributed by atoms with Gasteiger partial charge in [0, 0.05) is 0 Å². The molecule has 0 fully saturated rings. The molecule has 0 unspecified atom stereocenters. The molecule has 0 aliphatic carbocycles. The van der Waals surface area contributed by atoms with Crippen LogP contribution in [0.15, 0.2) is 18.2 Å². The molecule has 2 nitrogen and oxygen atoms in total. The predicted octanol–water partition coefficient (Wildman–Crippen LogP) is 3.11. The van der Waals surface area contributed by atoms with Crippen molar-refractivity contribution >= 4 is 11.6 Å². The Balaban J connectivity index is 2.95. The molecule has 1 aromatic rings. The highest BCUT2D eigenvalue weighted by Gasteiger charge is 2.10. The Kier molecular flexibility index (Phi) is 3.53. The number of nitrogens with zero attached hydrogens (tertiary/aromatic N) is 1. The van der Waals surface area contributed by atoms with Gasteiger partial charge in [-0.2, -0.15) is 4.84 Å². The Bertz CT molecular complexity index is 336. The molecule has 0 heterocycles. The van der Waals surface area contributed by atoms with E-state index in [0.717, 1.165) is 0 Å². The highest BCUT2D eigenvalue weighted by Crippen LogP contribution is 2.17. The lowest BCUT2D eigenvalue weighted by Crippen LogP contribution is -1.84. The number of hydrogen-bond acceptors (Lipinski definition) is 1. The van der Waals surface area contributed by atoms with Crippen molar-refractivity contribution in [1.82, 2.24) is 0 Å². The van der Waals surface area contributed by atoms with Crippen molar-refractivity contribution in [3.63, 3.8) is 0 Å². The molecule has 1 aromatic carbocycles. The zero-order valence-electron chi connectivity index (χ0n) is 7.05. The molecule has 0 aliphatic rings. The predicted molar refractivity (Wildman–Crippen MR) is 49.4 cm³/mol. The van der Waals surface area contributed by atoms with Gasteiger partial charge in [0.1, 0.15) is 5.82 Å². The lowest BCUT2D eigenvalue weighted by Gasteiger charge is -1.90. The largest absolute Gasteiger partial charge is 0.393 e. The van der Waals surface area contributed by atoms with E-state index in [-0.39, 0.29) is 10.6 Å². The molecule has 0 N–H and O–H groups in total. The summed E-state index contributed by atoms with van der Waals surface area (Å²) >= 11 is 5.69. The van der Waals surface area contributed by atoms with Gasteiger partial charge in [-0.05, 0) is 19.1 Å². The normalized spacial score (nSPS) is 8.85. The van der Waals surface area contributed by atoms with Crippen molar-refractivity contribution in [2.75, 3.05) is 6.61 Å². The van der Waals surface area contributed by atoms with Crippen molar-refractivity contribution in [3.05, 3.63) is 39.6 Å². The second-order valence-corrected chi connectivity index (χ2v) is 2.62. The summed E-state index contributed by atoms with van der Waals surface area (Å²) in [6.07, 6.45) is 0. The van der Waals surface area contributed by atoms with E-state index < -0.39 is 5.82 Å². The number of halogens is 2. The summed E-state index contributed by atoms with van der Waals surface area (Å²) in [5, 5.41) is 3.67. The summed E-state index contributed by atoms with van der Waals surface area (Å²) in [6, 6.07) is 6.75. The van der Waals surface area contributed by atoms with Gasteiger partial charge in [0.2, 0.25) is 5.01 Å². The summed E-state index contributed by atoms with van der Waals surface area (Å²) in [7, 11) is 0. The molecule has 13 heavy (non-hydrogen) atoms. The van der Waals surface area contributed by atoms with Gasteiger partial charge in [-0.1, -0.05) is 17.7 Å². The monoisotopic (exact) mass is 200 g/mol. The summed E-state index contributed by atoms with van der Waals surface area (Å²) in [5.74, 6) is -0.462. The number of benzene rings is 1. The van der Waals surface area contributed by atoms with Gasteiger partial charge in [-0.15, -0.1) is 0 Å². The van der Waals surface area contributed by atoms with Crippen molar-refractivity contribution in [2.24, 2.45) is 0 Å². The molecule has 0 radical (unpaired) electrons. The third-order valence-corrected chi connectivity index (χ3v) is 1.63. The third kappa shape index (κ3) is 2.60. The van der Waals surface area contributed by atoms with Gasteiger partial charge in [0.05, 0.1) is 5.02 Å². The first-order valence-corrected chi connectivity index (χ1v) is 4.15. The van der Waals surface area contributed by atoms with Crippen LogP contribution in [0, 0.1) is 11.9 Å². The van der Waals surface area contributed by atoms with Crippen LogP contribution in [0.5, 0.6) is 0 Å². The molecule has 68 valence electrons. The van der Waals surface area contributed by atoms with E-state index in [2.05, 4.69) is 15.9 Å². The second-order valence-electron chi connectivity index (χ2n) is 2.22. The zero-order valence-corrected chi connectivity index (χ0v) is 7.81. The van der Waals surface area contributed by atoms with Gasteiger partial charge in [0.25, 0.3) is 0 Å². The van der Waals surface area contributed by atoms with E-state index in [1.54, 1.807) is 13.0 Å². The highest BCUT2D eigenvalue weighted by molar-refractivity contribution is 6.31. The molecular weight excluding hydrogens is 193 g/mol. The molecule has 0 aliphatic heterocycles. The van der Waals surface area contributed by atoms with Gasteiger partial charge in [-0.3, -0.25) is 0 Å². The smallest absolute Gasteiger partial charge is 0.205 e.